The quantitative estimate of drug-likeness (QED) is 0.729. The number of nitrogens with one attached hydrogen (secondary N) is 3. The Bertz CT molecular complexity index is 846. The summed E-state index contributed by atoms with van der Waals surface area (Å²) in [6.07, 6.45) is -0.0578. The van der Waals surface area contributed by atoms with Crippen LogP contribution < -0.4 is 16.0 Å². The molecule has 1 aliphatic heterocycles. The van der Waals surface area contributed by atoms with Gasteiger partial charge in [0.15, 0.2) is 0 Å². The number of hydrogen-bond acceptors (Lipinski definition) is 6. The Labute approximate surface area is 148 Å². The molecule has 0 radical (unpaired) electrons. The Hall–Kier alpha value is -2.87. The Morgan fingerprint density at radius 2 is 2.00 bits per heavy atom. The second-order valence-corrected chi connectivity index (χ2v) is 6.83. The summed E-state index contributed by atoms with van der Waals surface area (Å²) < 4.78 is 4.72. The van der Waals surface area contributed by atoms with Gasteiger partial charge in [0, 0.05) is 4.88 Å². The van der Waals surface area contributed by atoms with E-state index in [0.29, 0.717) is 16.3 Å². The highest BCUT2D eigenvalue weighted by molar-refractivity contribution is 7.16. The van der Waals surface area contributed by atoms with E-state index in [-0.39, 0.29) is 18.2 Å². The van der Waals surface area contributed by atoms with E-state index in [9.17, 15) is 14.4 Å². The topological polar surface area (TPSA) is 96.5 Å². The zero-order valence-electron chi connectivity index (χ0n) is 13.7. The standard InChI is InChI=1S/C17H17N3O4S/c1-9-7-10(17(23)24-2)16(25-9)20-14(21)8-13-15(22)19-12-6-4-3-5-11(12)18-13/h3-7,13,18H,8H2,1-2H3,(H,19,22)(H,20,21)/t13-/m1/s1. The van der Waals surface area contributed by atoms with Crippen molar-refractivity contribution in [3.8, 4) is 0 Å². The van der Waals surface area contributed by atoms with Crippen molar-refractivity contribution in [2.75, 3.05) is 23.1 Å². The molecular weight excluding hydrogens is 342 g/mol. The maximum atomic E-state index is 12.3. The first kappa shape index (κ1) is 17.0. The van der Waals surface area contributed by atoms with E-state index in [0.717, 1.165) is 10.6 Å². The third kappa shape index (κ3) is 3.63. The molecule has 0 bridgehead atoms. The summed E-state index contributed by atoms with van der Waals surface area (Å²) in [5.41, 5.74) is 1.76. The largest absolute Gasteiger partial charge is 0.465 e. The van der Waals surface area contributed by atoms with Crippen LogP contribution in [0.15, 0.2) is 30.3 Å². The van der Waals surface area contributed by atoms with Gasteiger partial charge in [-0.05, 0) is 25.1 Å². The number of carbonyl (C=O) groups excluding carboxylic acids is 3. The van der Waals surface area contributed by atoms with Crippen LogP contribution in [0.5, 0.6) is 0 Å². The minimum Gasteiger partial charge on any atom is -0.465 e. The number of thiophene rings is 1. The summed E-state index contributed by atoms with van der Waals surface area (Å²) in [6, 6.07) is 8.26. The van der Waals surface area contributed by atoms with Gasteiger partial charge in [0.25, 0.3) is 0 Å². The van der Waals surface area contributed by atoms with Crippen molar-refractivity contribution in [1.82, 2.24) is 0 Å². The second-order valence-electron chi connectivity index (χ2n) is 5.58. The Morgan fingerprint density at radius 3 is 2.72 bits per heavy atom. The molecule has 7 nitrogen and oxygen atoms in total. The molecule has 1 aliphatic rings. The molecule has 1 aromatic heterocycles. The average molecular weight is 359 g/mol. The second kappa shape index (κ2) is 6.94. The van der Waals surface area contributed by atoms with Crippen molar-refractivity contribution in [2.24, 2.45) is 0 Å². The van der Waals surface area contributed by atoms with Crippen molar-refractivity contribution >= 4 is 45.5 Å². The van der Waals surface area contributed by atoms with Crippen molar-refractivity contribution in [1.29, 1.82) is 0 Å². The van der Waals surface area contributed by atoms with Gasteiger partial charge < -0.3 is 20.7 Å². The fourth-order valence-corrected chi connectivity index (χ4v) is 3.48. The lowest BCUT2D eigenvalue weighted by atomic mass is 10.1. The van der Waals surface area contributed by atoms with E-state index in [1.54, 1.807) is 12.1 Å². The number of para-hydroxylation sites is 2. The van der Waals surface area contributed by atoms with Gasteiger partial charge in [-0.25, -0.2) is 4.79 Å². The fraction of sp³-hybridized carbons (Fsp3) is 0.235. The molecule has 0 saturated carbocycles. The Kier molecular flexibility index (Phi) is 4.71. The van der Waals surface area contributed by atoms with Gasteiger partial charge in [-0.1, -0.05) is 12.1 Å². The highest BCUT2D eigenvalue weighted by Gasteiger charge is 2.28. The molecule has 1 aromatic carbocycles. The number of ether oxygens (including phenoxy) is 1. The van der Waals surface area contributed by atoms with Crippen molar-refractivity contribution in [3.63, 3.8) is 0 Å². The van der Waals surface area contributed by atoms with Crippen LogP contribution in [0, 0.1) is 6.92 Å². The van der Waals surface area contributed by atoms with Gasteiger partial charge in [0.2, 0.25) is 11.8 Å². The lowest BCUT2D eigenvalue weighted by molar-refractivity contribution is -0.122. The van der Waals surface area contributed by atoms with Crippen LogP contribution in [0.4, 0.5) is 16.4 Å². The van der Waals surface area contributed by atoms with Crippen LogP contribution in [-0.2, 0) is 14.3 Å². The maximum Gasteiger partial charge on any atom is 0.340 e. The molecule has 0 spiro atoms. The number of anilines is 3. The molecule has 3 N–H and O–H groups in total. The van der Waals surface area contributed by atoms with Crippen LogP contribution >= 0.6 is 11.3 Å². The smallest absolute Gasteiger partial charge is 0.340 e. The molecule has 2 amide bonds. The first-order valence-corrected chi connectivity index (χ1v) is 8.44. The minimum absolute atomic E-state index is 0.0578. The molecule has 0 saturated heterocycles. The van der Waals surface area contributed by atoms with Crippen molar-refractivity contribution in [2.45, 2.75) is 19.4 Å². The van der Waals surface area contributed by atoms with Gasteiger partial charge in [-0.15, -0.1) is 11.3 Å². The maximum absolute atomic E-state index is 12.3. The van der Waals surface area contributed by atoms with E-state index in [4.69, 9.17) is 4.74 Å². The number of hydrogen-bond donors (Lipinski definition) is 3. The molecule has 130 valence electrons. The van der Waals surface area contributed by atoms with Crippen molar-refractivity contribution < 1.29 is 19.1 Å². The summed E-state index contributed by atoms with van der Waals surface area (Å²) in [4.78, 5) is 37.1. The molecule has 25 heavy (non-hydrogen) atoms. The van der Waals surface area contributed by atoms with Gasteiger partial charge in [-0.3, -0.25) is 9.59 Å². The first-order valence-electron chi connectivity index (χ1n) is 7.63. The summed E-state index contributed by atoms with van der Waals surface area (Å²) in [5.74, 6) is -1.15. The molecule has 2 aromatic rings. The number of methoxy groups -OCH3 is 1. The van der Waals surface area contributed by atoms with E-state index >= 15 is 0 Å². The van der Waals surface area contributed by atoms with Crippen LogP contribution in [0.25, 0.3) is 0 Å². The Balaban J connectivity index is 1.70. The third-order valence-corrected chi connectivity index (χ3v) is 4.70. The average Bonchev–Trinajstić information content (AvgIpc) is 2.95. The first-order chi connectivity index (χ1) is 12.0. The van der Waals surface area contributed by atoms with E-state index in [1.807, 2.05) is 25.1 Å². The molecule has 0 fully saturated rings. The lowest BCUT2D eigenvalue weighted by Crippen LogP contribution is -2.41. The summed E-state index contributed by atoms with van der Waals surface area (Å²) >= 11 is 1.28. The number of benzene rings is 1. The highest BCUT2D eigenvalue weighted by atomic mass is 32.1. The van der Waals surface area contributed by atoms with E-state index in [2.05, 4.69) is 16.0 Å². The summed E-state index contributed by atoms with van der Waals surface area (Å²) in [6.45, 7) is 1.83. The van der Waals surface area contributed by atoms with Gasteiger partial charge in [0.1, 0.15) is 11.0 Å². The molecular formula is C17H17N3O4S. The van der Waals surface area contributed by atoms with Gasteiger partial charge in [0.05, 0.1) is 30.5 Å². The molecule has 8 heteroatoms. The normalized spacial score (nSPS) is 15.6. The van der Waals surface area contributed by atoms with Crippen molar-refractivity contribution in [3.05, 3.63) is 40.8 Å². The van der Waals surface area contributed by atoms with Crippen LogP contribution in [0.3, 0.4) is 0 Å². The number of carbonyl (C=O) groups is 3. The van der Waals surface area contributed by atoms with Gasteiger partial charge in [-0.2, -0.15) is 0 Å². The Morgan fingerprint density at radius 1 is 1.28 bits per heavy atom. The number of aryl methyl sites for hydroxylation is 1. The number of amides is 2. The van der Waals surface area contributed by atoms with Crippen LogP contribution in [-0.4, -0.2) is 30.9 Å². The lowest BCUT2D eigenvalue weighted by Gasteiger charge is -2.26. The zero-order valence-corrected chi connectivity index (χ0v) is 14.5. The SMILES string of the molecule is COC(=O)c1cc(C)sc1NC(=O)C[C@H]1Nc2ccccc2NC1=O. The molecule has 0 unspecified atom stereocenters. The molecule has 3 rings (SSSR count). The van der Waals surface area contributed by atoms with Crippen LogP contribution in [0.1, 0.15) is 21.7 Å². The number of fused-ring (bicyclic) bond motifs is 1. The number of esters is 1. The summed E-state index contributed by atoms with van der Waals surface area (Å²) in [5, 5.41) is 8.94. The fourth-order valence-electron chi connectivity index (χ4n) is 2.57. The molecule has 1 atom stereocenters. The van der Waals surface area contributed by atoms with Crippen LogP contribution in [0.2, 0.25) is 0 Å². The predicted octanol–water partition coefficient (Wildman–Crippen LogP) is 2.60. The molecule has 2 heterocycles. The third-order valence-electron chi connectivity index (χ3n) is 3.73. The number of rotatable bonds is 4. The predicted molar refractivity (Wildman–Crippen MR) is 96.1 cm³/mol. The highest BCUT2D eigenvalue weighted by Crippen LogP contribution is 2.29. The monoisotopic (exact) mass is 359 g/mol. The zero-order chi connectivity index (χ0) is 18.0. The molecule has 0 aliphatic carbocycles. The van der Waals surface area contributed by atoms with E-state index < -0.39 is 12.0 Å². The summed E-state index contributed by atoms with van der Waals surface area (Å²) in [7, 11) is 1.29. The van der Waals surface area contributed by atoms with E-state index in [1.165, 1.54) is 18.4 Å². The minimum atomic E-state index is -0.683. The van der Waals surface area contributed by atoms with Gasteiger partial charge >= 0.3 is 5.97 Å².